The minimum atomic E-state index is -1.29. The minimum absolute atomic E-state index is 0.699. The maximum Gasteiger partial charge on any atom is 0.276 e. The first kappa shape index (κ1) is 40.8. The normalized spacial score (nSPS) is 12.1. The lowest BCUT2D eigenvalue weighted by molar-refractivity contribution is 0.516. The van der Waals surface area contributed by atoms with Crippen molar-refractivity contribution in [2.45, 2.75) is 231 Å². The van der Waals surface area contributed by atoms with E-state index in [0.717, 1.165) is 12.1 Å². The summed E-state index contributed by atoms with van der Waals surface area (Å²) in [5.41, 5.74) is 0. The molecule has 0 rings (SSSR count). The average Bonchev–Trinajstić information content (AvgIpc) is 2.98. The summed E-state index contributed by atoms with van der Waals surface area (Å²) >= 11 is 0. The lowest BCUT2D eigenvalue weighted by atomic mass is 10.0. The summed E-state index contributed by atoms with van der Waals surface area (Å²) in [5.74, 6) is 0.699. The summed E-state index contributed by atoms with van der Waals surface area (Å²) in [6, 6.07) is 2.05. The molecule has 0 aromatic carbocycles. The Balaban J connectivity index is 3.16. The molecule has 0 spiro atoms. The van der Waals surface area contributed by atoms with Crippen molar-refractivity contribution in [3.63, 3.8) is 0 Å². The van der Waals surface area contributed by atoms with Gasteiger partial charge in [0.15, 0.2) is 0 Å². The molecule has 0 N–H and O–H groups in total. The van der Waals surface area contributed by atoms with Gasteiger partial charge in [-0.15, -0.1) is 6.58 Å². The van der Waals surface area contributed by atoms with E-state index < -0.39 is 8.68 Å². The van der Waals surface area contributed by atoms with E-state index in [9.17, 15) is 4.46 Å². The Morgan fingerprint density at radius 3 is 0.951 bits per heavy atom. The van der Waals surface area contributed by atoms with Crippen LogP contribution >= 0.6 is 0 Å². The zero-order valence-corrected chi connectivity index (χ0v) is 29.8. The Bertz CT molecular complexity index is 516. The first-order chi connectivity index (χ1) is 20.2. The van der Waals surface area contributed by atoms with Gasteiger partial charge in [0.1, 0.15) is 0 Å². The Morgan fingerprint density at radius 1 is 0.439 bits per heavy atom. The maximum atomic E-state index is 12.4. The van der Waals surface area contributed by atoms with Crippen LogP contribution in [0.3, 0.4) is 0 Å². The molecule has 0 aromatic heterocycles. The van der Waals surface area contributed by atoms with Gasteiger partial charge in [-0.05, 0) is 37.3 Å². The summed E-state index contributed by atoms with van der Waals surface area (Å²) in [4.78, 5) is 0. The monoisotopic (exact) mass is 591 g/mol. The van der Waals surface area contributed by atoms with Crippen molar-refractivity contribution in [1.29, 1.82) is 0 Å². The van der Waals surface area contributed by atoms with Gasteiger partial charge >= 0.3 is 0 Å². The molecular formula is C39H78OSi. The Kier molecular flexibility index (Phi) is 35.7. The Hall–Kier alpha value is -0.243. The quantitative estimate of drug-likeness (QED) is 0.0403. The fourth-order valence-electron chi connectivity index (χ4n) is 6.20. The Labute approximate surface area is 262 Å². The van der Waals surface area contributed by atoms with Crippen molar-refractivity contribution in [1.82, 2.24) is 0 Å². The van der Waals surface area contributed by atoms with E-state index in [4.69, 9.17) is 0 Å². The zero-order chi connectivity index (χ0) is 29.9. The van der Waals surface area contributed by atoms with Gasteiger partial charge in [0.25, 0.3) is 8.68 Å². The van der Waals surface area contributed by atoms with E-state index in [1.807, 2.05) is 0 Å². The van der Waals surface area contributed by atoms with Crippen molar-refractivity contribution in [3.8, 4) is 0 Å². The third-order valence-corrected chi connectivity index (χ3v) is 11.1. The zero-order valence-electron chi connectivity index (χ0n) is 28.8. The molecule has 0 bridgehead atoms. The molecule has 0 amide bonds. The summed E-state index contributed by atoms with van der Waals surface area (Å²) in [6.07, 6.45) is 47.0. The fourth-order valence-corrected chi connectivity index (χ4v) is 7.74. The standard InChI is InChI=1S/C39H78OSi/c1-4-6-7-8-9-10-11-12-13-16-19-22-25-28-31-34-37-41(40)38-35-32-29-26-23-20-17-14-15-18-21-24-27-30-33-36-39(3)5-2/h5,39H,2,4,6-38H2,1,3H3. The first-order valence-electron chi connectivity index (χ1n) is 19.3. The highest BCUT2D eigenvalue weighted by Gasteiger charge is 2.05. The molecule has 1 unspecified atom stereocenters. The highest BCUT2D eigenvalue weighted by molar-refractivity contribution is 6.42. The van der Waals surface area contributed by atoms with E-state index >= 15 is 0 Å². The third-order valence-electron chi connectivity index (χ3n) is 9.33. The lowest BCUT2D eigenvalue weighted by Crippen LogP contribution is -1.98. The smallest absolute Gasteiger partial charge is 0.276 e. The maximum absolute atomic E-state index is 12.4. The molecule has 1 atom stereocenters. The van der Waals surface area contributed by atoms with Gasteiger partial charge in [-0.2, -0.15) is 0 Å². The average molecular weight is 591 g/mol. The van der Waals surface area contributed by atoms with Crippen LogP contribution in [-0.2, 0) is 4.46 Å². The molecule has 0 aliphatic rings. The third kappa shape index (κ3) is 35.9. The summed E-state index contributed by atoms with van der Waals surface area (Å²) in [5, 5.41) is 0. The predicted molar refractivity (Wildman–Crippen MR) is 189 cm³/mol. The van der Waals surface area contributed by atoms with Gasteiger partial charge in [0.05, 0.1) is 0 Å². The lowest BCUT2D eigenvalue weighted by Gasteiger charge is -2.05. The van der Waals surface area contributed by atoms with Crippen LogP contribution in [0.2, 0.25) is 12.1 Å². The first-order valence-corrected chi connectivity index (χ1v) is 21.2. The number of rotatable bonds is 36. The molecule has 0 heterocycles. The number of hydrogen-bond acceptors (Lipinski definition) is 1. The number of hydrogen-bond donors (Lipinski definition) is 0. The van der Waals surface area contributed by atoms with Gasteiger partial charge in [-0.1, -0.05) is 206 Å². The van der Waals surface area contributed by atoms with Crippen molar-refractivity contribution in [2.75, 3.05) is 0 Å². The van der Waals surface area contributed by atoms with E-state index in [2.05, 4.69) is 26.5 Å². The van der Waals surface area contributed by atoms with Crippen LogP contribution in [0.5, 0.6) is 0 Å². The molecule has 0 saturated carbocycles. The summed E-state index contributed by atoms with van der Waals surface area (Å²) in [6.45, 7) is 8.45. The van der Waals surface area contributed by atoms with Gasteiger partial charge < -0.3 is 4.46 Å². The molecule has 0 aromatic rings. The van der Waals surface area contributed by atoms with Gasteiger partial charge in [0, 0.05) is 0 Å². The van der Waals surface area contributed by atoms with Gasteiger partial charge in [0.2, 0.25) is 0 Å². The molecule has 41 heavy (non-hydrogen) atoms. The second-order valence-electron chi connectivity index (χ2n) is 13.6. The van der Waals surface area contributed by atoms with Gasteiger partial charge in [-0.3, -0.25) is 0 Å². The van der Waals surface area contributed by atoms with Crippen LogP contribution in [-0.4, -0.2) is 8.68 Å². The topological polar surface area (TPSA) is 17.1 Å². The van der Waals surface area contributed by atoms with Crippen LogP contribution in [0.15, 0.2) is 12.7 Å². The molecule has 1 nitrogen and oxygen atoms in total. The molecule has 2 heteroatoms. The molecule has 0 radical (unpaired) electrons. The van der Waals surface area contributed by atoms with Gasteiger partial charge in [-0.25, -0.2) is 0 Å². The highest BCUT2D eigenvalue weighted by atomic mass is 28.3. The van der Waals surface area contributed by atoms with Crippen molar-refractivity contribution in [2.24, 2.45) is 5.92 Å². The molecule has 0 fully saturated rings. The number of unbranched alkanes of at least 4 members (excludes halogenated alkanes) is 29. The van der Waals surface area contributed by atoms with E-state index in [-0.39, 0.29) is 0 Å². The molecule has 0 saturated heterocycles. The van der Waals surface area contributed by atoms with Crippen molar-refractivity contribution >= 4 is 8.68 Å². The molecular weight excluding hydrogens is 513 g/mol. The predicted octanol–water partition coefficient (Wildman–Crippen LogP) is 14.7. The number of allylic oxidation sites excluding steroid dienone is 1. The second kappa shape index (κ2) is 36.0. The SMILES string of the molecule is C=CC(C)CCCCCCCCCCCCCCCCC[Si](=O)CCCCCCCCCCCCCCCCCC. The van der Waals surface area contributed by atoms with Crippen LogP contribution in [0.25, 0.3) is 0 Å². The Morgan fingerprint density at radius 2 is 0.683 bits per heavy atom. The van der Waals surface area contributed by atoms with Crippen molar-refractivity contribution in [3.05, 3.63) is 12.7 Å². The highest BCUT2D eigenvalue weighted by Crippen LogP contribution is 2.17. The van der Waals surface area contributed by atoms with Crippen LogP contribution in [0.1, 0.15) is 219 Å². The van der Waals surface area contributed by atoms with Crippen LogP contribution < -0.4 is 0 Å². The van der Waals surface area contributed by atoms with E-state index in [1.165, 1.54) is 205 Å². The molecule has 244 valence electrons. The van der Waals surface area contributed by atoms with E-state index in [0.29, 0.717) is 5.92 Å². The van der Waals surface area contributed by atoms with Crippen molar-refractivity contribution < 1.29 is 4.46 Å². The molecule has 0 aliphatic heterocycles. The fraction of sp³-hybridized carbons (Fsp3) is 0.949. The van der Waals surface area contributed by atoms with E-state index in [1.54, 1.807) is 0 Å². The molecule has 0 aliphatic carbocycles. The largest absolute Gasteiger partial charge is 0.388 e. The van der Waals surface area contributed by atoms with Crippen LogP contribution in [0, 0.1) is 5.92 Å². The minimum Gasteiger partial charge on any atom is -0.388 e. The second-order valence-corrected chi connectivity index (χ2v) is 15.7. The summed E-state index contributed by atoms with van der Waals surface area (Å²) in [7, 11) is -1.29. The summed E-state index contributed by atoms with van der Waals surface area (Å²) < 4.78 is 12.4. The van der Waals surface area contributed by atoms with Crippen LogP contribution in [0.4, 0.5) is 0 Å².